The highest BCUT2D eigenvalue weighted by molar-refractivity contribution is 9.10. The van der Waals surface area contributed by atoms with E-state index in [9.17, 15) is 4.79 Å². The van der Waals surface area contributed by atoms with Crippen LogP contribution in [-0.4, -0.2) is 15.8 Å². The van der Waals surface area contributed by atoms with Crippen molar-refractivity contribution in [3.8, 4) is 0 Å². The summed E-state index contributed by atoms with van der Waals surface area (Å²) in [6.45, 7) is 0.668. The molecule has 0 radical (unpaired) electrons. The SMILES string of the molecule is O=Cc1nccn1Cc1ccc(Br)cc1. The first-order valence-corrected chi connectivity index (χ1v) is 5.29. The minimum atomic E-state index is 0.456. The number of halogens is 1. The zero-order valence-corrected chi connectivity index (χ0v) is 9.52. The predicted molar refractivity (Wildman–Crippen MR) is 60.9 cm³/mol. The molecule has 0 atom stereocenters. The smallest absolute Gasteiger partial charge is 0.185 e. The van der Waals surface area contributed by atoms with Gasteiger partial charge in [0, 0.05) is 23.4 Å². The summed E-state index contributed by atoms with van der Waals surface area (Å²) in [5.41, 5.74) is 1.14. The Labute approximate surface area is 95.9 Å². The Morgan fingerprint density at radius 2 is 2.07 bits per heavy atom. The highest BCUT2D eigenvalue weighted by Gasteiger charge is 2.01. The van der Waals surface area contributed by atoms with Gasteiger partial charge in [0.25, 0.3) is 0 Å². The minimum absolute atomic E-state index is 0.456. The third kappa shape index (κ3) is 2.33. The molecular formula is C11H9BrN2O. The van der Waals surface area contributed by atoms with Gasteiger partial charge in [-0.1, -0.05) is 28.1 Å². The van der Waals surface area contributed by atoms with Crippen LogP contribution in [0.5, 0.6) is 0 Å². The number of hydrogen-bond donors (Lipinski definition) is 0. The third-order valence-corrected chi connectivity index (χ3v) is 2.65. The number of nitrogens with zero attached hydrogens (tertiary/aromatic N) is 2. The van der Waals surface area contributed by atoms with Gasteiger partial charge in [-0.15, -0.1) is 0 Å². The molecule has 1 aromatic heterocycles. The van der Waals surface area contributed by atoms with Crippen molar-refractivity contribution in [3.63, 3.8) is 0 Å². The van der Waals surface area contributed by atoms with Gasteiger partial charge in [-0.3, -0.25) is 4.79 Å². The van der Waals surface area contributed by atoms with E-state index in [-0.39, 0.29) is 0 Å². The van der Waals surface area contributed by atoms with Crippen LogP contribution in [0.15, 0.2) is 41.1 Å². The molecule has 0 saturated heterocycles. The molecule has 0 amide bonds. The van der Waals surface area contributed by atoms with E-state index in [1.54, 1.807) is 12.4 Å². The molecule has 1 aromatic carbocycles. The van der Waals surface area contributed by atoms with Gasteiger partial charge >= 0.3 is 0 Å². The molecule has 0 bridgehead atoms. The lowest BCUT2D eigenvalue weighted by molar-refractivity contribution is 0.111. The van der Waals surface area contributed by atoms with Gasteiger partial charge in [0.15, 0.2) is 12.1 Å². The van der Waals surface area contributed by atoms with Crippen LogP contribution in [0.1, 0.15) is 16.2 Å². The fraction of sp³-hybridized carbons (Fsp3) is 0.0909. The molecule has 0 spiro atoms. The summed E-state index contributed by atoms with van der Waals surface area (Å²) < 4.78 is 2.86. The van der Waals surface area contributed by atoms with Crippen LogP contribution in [0.2, 0.25) is 0 Å². The molecule has 2 rings (SSSR count). The fourth-order valence-electron chi connectivity index (χ4n) is 1.36. The molecule has 15 heavy (non-hydrogen) atoms. The van der Waals surface area contributed by atoms with Crippen LogP contribution in [0.4, 0.5) is 0 Å². The van der Waals surface area contributed by atoms with Crippen molar-refractivity contribution in [3.05, 3.63) is 52.5 Å². The fourth-order valence-corrected chi connectivity index (χ4v) is 1.62. The molecule has 0 saturated carbocycles. The standard InChI is InChI=1S/C11H9BrN2O/c12-10-3-1-9(2-4-10)7-14-6-5-13-11(14)8-15/h1-6,8H,7H2. The van der Waals surface area contributed by atoms with Crippen molar-refractivity contribution in [2.45, 2.75) is 6.54 Å². The first kappa shape index (κ1) is 10.1. The third-order valence-electron chi connectivity index (χ3n) is 2.12. The summed E-state index contributed by atoms with van der Waals surface area (Å²) in [5, 5.41) is 0. The number of carbonyl (C=O) groups excluding carboxylic acids is 1. The van der Waals surface area contributed by atoms with E-state index in [0.29, 0.717) is 12.4 Å². The van der Waals surface area contributed by atoms with Crippen LogP contribution in [0, 0.1) is 0 Å². The Bertz CT molecular complexity index is 462. The number of carbonyl (C=O) groups is 1. The largest absolute Gasteiger partial charge is 0.324 e. The van der Waals surface area contributed by atoms with E-state index in [1.807, 2.05) is 28.8 Å². The van der Waals surface area contributed by atoms with Crippen molar-refractivity contribution >= 4 is 22.2 Å². The van der Waals surface area contributed by atoms with E-state index in [0.717, 1.165) is 16.3 Å². The summed E-state index contributed by atoms with van der Waals surface area (Å²) >= 11 is 3.38. The molecule has 0 aliphatic rings. The topological polar surface area (TPSA) is 34.9 Å². The number of hydrogen-bond acceptors (Lipinski definition) is 2. The van der Waals surface area contributed by atoms with E-state index in [2.05, 4.69) is 20.9 Å². The lowest BCUT2D eigenvalue weighted by atomic mass is 10.2. The molecule has 1 heterocycles. The normalized spacial score (nSPS) is 10.2. The van der Waals surface area contributed by atoms with Gasteiger partial charge in [-0.05, 0) is 17.7 Å². The summed E-state index contributed by atoms with van der Waals surface area (Å²) in [5.74, 6) is 0.456. The monoisotopic (exact) mass is 264 g/mol. The molecule has 0 aliphatic carbocycles. The van der Waals surface area contributed by atoms with Crippen molar-refractivity contribution in [1.29, 1.82) is 0 Å². The van der Waals surface area contributed by atoms with E-state index in [4.69, 9.17) is 0 Å². The molecule has 3 nitrogen and oxygen atoms in total. The van der Waals surface area contributed by atoms with E-state index in [1.165, 1.54) is 0 Å². The second-order valence-electron chi connectivity index (χ2n) is 3.16. The van der Waals surface area contributed by atoms with Gasteiger partial charge in [0.2, 0.25) is 0 Å². The Kier molecular flexibility index (Phi) is 2.97. The minimum Gasteiger partial charge on any atom is -0.324 e. The molecule has 0 unspecified atom stereocenters. The molecule has 76 valence electrons. The lowest BCUT2D eigenvalue weighted by Gasteiger charge is -2.04. The molecule has 0 fully saturated rings. The Morgan fingerprint density at radius 3 is 2.73 bits per heavy atom. The van der Waals surface area contributed by atoms with Gasteiger partial charge in [-0.2, -0.15) is 0 Å². The number of imidazole rings is 1. The van der Waals surface area contributed by atoms with Gasteiger partial charge in [0.05, 0.1) is 0 Å². The van der Waals surface area contributed by atoms with Crippen molar-refractivity contribution < 1.29 is 4.79 Å². The Hall–Kier alpha value is -1.42. The zero-order chi connectivity index (χ0) is 10.7. The zero-order valence-electron chi connectivity index (χ0n) is 7.93. The summed E-state index contributed by atoms with van der Waals surface area (Å²) in [6, 6.07) is 7.98. The van der Waals surface area contributed by atoms with Crippen LogP contribution < -0.4 is 0 Å². The van der Waals surface area contributed by atoms with E-state index < -0.39 is 0 Å². The first-order chi connectivity index (χ1) is 7.29. The number of benzene rings is 1. The predicted octanol–water partition coefficient (Wildman–Crippen LogP) is 2.51. The highest BCUT2D eigenvalue weighted by atomic mass is 79.9. The number of aldehydes is 1. The van der Waals surface area contributed by atoms with Crippen molar-refractivity contribution in [2.75, 3.05) is 0 Å². The lowest BCUT2D eigenvalue weighted by Crippen LogP contribution is -2.02. The average Bonchev–Trinajstić information content (AvgIpc) is 2.69. The summed E-state index contributed by atoms with van der Waals surface area (Å²) in [6.07, 6.45) is 4.19. The maximum atomic E-state index is 10.6. The second-order valence-corrected chi connectivity index (χ2v) is 4.07. The molecule has 0 aliphatic heterocycles. The first-order valence-electron chi connectivity index (χ1n) is 4.50. The molecule has 0 N–H and O–H groups in total. The van der Waals surface area contributed by atoms with Gasteiger partial charge < -0.3 is 4.57 Å². The van der Waals surface area contributed by atoms with Gasteiger partial charge in [0.1, 0.15) is 0 Å². The van der Waals surface area contributed by atoms with E-state index >= 15 is 0 Å². The number of aromatic nitrogens is 2. The Morgan fingerprint density at radius 1 is 1.33 bits per heavy atom. The quantitative estimate of drug-likeness (QED) is 0.799. The highest BCUT2D eigenvalue weighted by Crippen LogP contribution is 2.11. The molecule has 2 aromatic rings. The summed E-state index contributed by atoms with van der Waals surface area (Å²) in [7, 11) is 0. The van der Waals surface area contributed by atoms with Crippen LogP contribution in [0.3, 0.4) is 0 Å². The molecule has 4 heteroatoms. The Balaban J connectivity index is 2.21. The van der Waals surface area contributed by atoms with Crippen LogP contribution in [0.25, 0.3) is 0 Å². The second kappa shape index (κ2) is 4.40. The van der Waals surface area contributed by atoms with Crippen LogP contribution in [-0.2, 0) is 6.54 Å². The maximum Gasteiger partial charge on any atom is 0.185 e. The molecular weight excluding hydrogens is 256 g/mol. The van der Waals surface area contributed by atoms with Crippen molar-refractivity contribution in [1.82, 2.24) is 9.55 Å². The number of rotatable bonds is 3. The maximum absolute atomic E-state index is 10.6. The van der Waals surface area contributed by atoms with Gasteiger partial charge in [-0.25, -0.2) is 4.98 Å². The average molecular weight is 265 g/mol. The van der Waals surface area contributed by atoms with Crippen LogP contribution >= 0.6 is 15.9 Å². The summed E-state index contributed by atoms with van der Waals surface area (Å²) in [4.78, 5) is 14.6. The van der Waals surface area contributed by atoms with Crippen molar-refractivity contribution in [2.24, 2.45) is 0 Å².